The zero-order chi connectivity index (χ0) is 13.3. The maximum absolute atomic E-state index is 6.11. The van der Waals surface area contributed by atoms with Crippen molar-refractivity contribution in [2.75, 3.05) is 11.1 Å². The summed E-state index contributed by atoms with van der Waals surface area (Å²) in [7, 11) is 1.89. The number of hydrogen-bond acceptors (Lipinski definition) is 4. The molecule has 98 valence electrons. The van der Waals surface area contributed by atoms with Crippen molar-refractivity contribution in [1.82, 2.24) is 9.78 Å². The summed E-state index contributed by atoms with van der Waals surface area (Å²) in [6.07, 6.45) is 0. The largest absolute Gasteiger partial charge is 0.394 e. The van der Waals surface area contributed by atoms with E-state index in [4.69, 9.17) is 17.3 Å². The van der Waals surface area contributed by atoms with Crippen LogP contribution in [0, 0.1) is 0 Å². The monoisotopic (exact) mass is 284 g/mol. The van der Waals surface area contributed by atoms with Crippen molar-refractivity contribution in [2.24, 2.45) is 7.05 Å². The third kappa shape index (κ3) is 2.62. The first kappa shape index (κ1) is 13.2. The van der Waals surface area contributed by atoms with E-state index in [1.165, 1.54) is 4.88 Å². The van der Waals surface area contributed by atoms with Crippen LogP contribution in [0.5, 0.6) is 0 Å². The molecule has 3 N–H and O–H groups in total. The van der Waals surface area contributed by atoms with Gasteiger partial charge in [0.05, 0.1) is 22.3 Å². The Kier molecular flexibility index (Phi) is 3.82. The second-order valence-electron chi connectivity index (χ2n) is 4.49. The molecule has 0 bridgehead atoms. The fourth-order valence-corrected chi connectivity index (χ4v) is 2.84. The highest BCUT2D eigenvalue weighted by molar-refractivity contribution is 7.16. The van der Waals surface area contributed by atoms with Gasteiger partial charge in [0.25, 0.3) is 0 Å². The summed E-state index contributed by atoms with van der Waals surface area (Å²) < 4.78 is 2.59. The van der Waals surface area contributed by atoms with Crippen LogP contribution in [-0.4, -0.2) is 9.78 Å². The van der Waals surface area contributed by atoms with Gasteiger partial charge in [-0.2, -0.15) is 5.10 Å². The van der Waals surface area contributed by atoms with Gasteiger partial charge in [0.1, 0.15) is 5.82 Å². The Hall–Kier alpha value is -1.20. The second kappa shape index (κ2) is 5.20. The van der Waals surface area contributed by atoms with Crippen LogP contribution in [-0.2, 0) is 13.6 Å². The van der Waals surface area contributed by atoms with Crippen molar-refractivity contribution in [3.8, 4) is 0 Å². The van der Waals surface area contributed by atoms with Gasteiger partial charge in [-0.1, -0.05) is 25.4 Å². The van der Waals surface area contributed by atoms with Gasteiger partial charge in [-0.15, -0.1) is 11.3 Å². The first-order valence-electron chi connectivity index (χ1n) is 5.79. The summed E-state index contributed by atoms with van der Waals surface area (Å²) in [4.78, 5) is 1.17. The Labute approximate surface area is 116 Å². The van der Waals surface area contributed by atoms with E-state index in [2.05, 4.69) is 24.3 Å². The highest BCUT2D eigenvalue weighted by Crippen LogP contribution is 2.29. The van der Waals surface area contributed by atoms with Crippen LogP contribution in [0.4, 0.5) is 11.5 Å². The molecule has 2 rings (SSSR count). The van der Waals surface area contributed by atoms with Crippen LogP contribution in [0.2, 0.25) is 4.34 Å². The minimum absolute atomic E-state index is 0.322. The molecule has 0 fully saturated rings. The number of halogens is 1. The molecular formula is C12H17ClN4S. The summed E-state index contributed by atoms with van der Waals surface area (Å²) in [5, 5.41) is 7.75. The van der Waals surface area contributed by atoms with E-state index < -0.39 is 0 Å². The van der Waals surface area contributed by atoms with Gasteiger partial charge in [-0.05, 0) is 18.1 Å². The van der Waals surface area contributed by atoms with Crippen molar-refractivity contribution >= 4 is 34.4 Å². The lowest BCUT2D eigenvalue weighted by atomic mass is 10.1. The van der Waals surface area contributed by atoms with E-state index in [9.17, 15) is 0 Å². The van der Waals surface area contributed by atoms with Crippen LogP contribution < -0.4 is 11.1 Å². The predicted molar refractivity (Wildman–Crippen MR) is 78.4 cm³/mol. The molecule has 4 nitrogen and oxygen atoms in total. The SMILES string of the molecule is CC(C)c1nn(C)c(NCc2ccc(Cl)s2)c1N. The molecule has 0 unspecified atom stereocenters. The zero-order valence-corrected chi connectivity index (χ0v) is 12.3. The maximum atomic E-state index is 6.11. The quantitative estimate of drug-likeness (QED) is 0.904. The number of hydrogen-bond donors (Lipinski definition) is 2. The smallest absolute Gasteiger partial charge is 0.148 e. The van der Waals surface area contributed by atoms with Crippen molar-refractivity contribution in [3.63, 3.8) is 0 Å². The van der Waals surface area contributed by atoms with Crippen molar-refractivity contribution in [1.29, 1.82) is 0 Å². The van der Waals surface area contributed by atoms with Crippen molar-refractivity contribution < 1.29 is 0 Å². The third-order valence-electron chi connectivity index (χ3n) is 2.72. The molecule has 2 heterocycles. The van der Waals surface area contributed by atoms with Crippen molar-refractivity contribution in [3.05, 3.63) is 27.0 Å². The predicted octanol–water partition coefficient (Wildman–Crippen LogP) is 3.45. The summed E-state index contributed by atoms with van der Waals surface area (Å²) in [6.45, 7) is 4.88. The lowest BCUT2D eigenvalue weighted by Gasteiger charge is -2.06. The number of thiophene rings is 1. The number of nitrogens with two attached hydrogens (primary N) is 1. The summed E-state index contributed by atoms with van der Waals surface area (Å²) in [5.74, 6) is 1.19. The van der Waals surface area contributed by atoms with E-state index in [0.29, 0.717) is 12.5 Å². The molecule has 0 amide bonds. The molecule has 2 aromatic heterocycles. The number of aromatic nitrogens is 2. The Balaban J connectivity index is 2.14. The molecule has 0 saturated carbocycles. The first-order chi connectivity index (χ1) is 8.49. The van der Waals surface area contributed by atoms with E-state index in [1.54, 1.807) is 16.0 Å². The molecule has 0 aliphatic heterocycles. The van der Waals surface area contributed by atoms with Gasteiger partial charge in [0, 0.05) is 11.9 Å². The average Bonchev–Trinajstić information content (AvgIpc) is 2.82. The number of rotatable bonds is 4. The average molecular weight is 285 g/mol. The number of aryl methyl sites for hydroxylation is 1. The normalized spacial score (nSPS) is 11.2. The topological polar surface area (TPSA) is 55.9 Å². The molecule has 2 aromatic rings. The Morgan fingerprint density at radius 1 is 1.50 bits per heavy atom. The minimum Gasteiger partial charge on any atom is -0.394 e. The van der Waals surface area contributed by atoms with Crippen LogP contribution >= 0.6 is 22.9 Å². The minimum atomic E-state index is 0.322. The lowest BCUT2D eigenvalue weighted by molar-refractivity contribution is 0.715. The summed E-state index contributed by atoms with van der Waals surface area (Å²) >= 11 is 7.46. The summed E-state index contributed by atoms with van der Waals surface area (Å²) in [5.41, 5.74) is 7.77. The van der Waals surface area contributed by atoms with Crippen LogP contribution in [0.25, 0.3) is 0 Å². The summed E-state index contributed by atoms with van der Waals surface area (Å²) in [6, 6.07) is 3.91. The van der Waals surface area contributed by atoms with Crippen LogP contribution in [0.15, 0.2) is 12.1 Å². The van der Waals surface area contributed by atoms with E-state index >= 15 is 0 Å². The molecule has 0 aliphatic carbocycles. The highest BCUT2D eigenvalue weighted by atomic mass is 35.5. The first-order valence-corrected chi connectivity index (χ1v) is 6.99. The van der Waals surface area contributed by atoms with E-state index in [1.807, 2.05) is 19.2 Å². The van der Waals surface area contributed by atoms with E-state index in [0.717, 1.165) is 21.5 Å². The Bertz CT molecular complexity index is 544. The van der Waals surface area contributed by atoms with Gasteiger partial charge < -0.3 is 11.1 Å². The maximum Gasteiger partial charge on any atom is 0.148 e. The van der Waals surface area contributed by atoms with Gasteiger partial charge >= 0.3 is 0 Å². The molecule has 6 heteroatoms. The Morgan fingerprint density at radius 2 is 2.22 bits per heavy atom. The number of nitrogen functional groups attached to an aromatic ring is 1. The molecule has 0 spiro atoms. The molecule has 0 radical (unpaired) electrons. The number of nitrogens with zero attached hydrogens (tertiary/aromatic N) is 2. The molecular weight excluding hydrogens is 268 g/mol. The standard InChI is InChI=1S/C12H17ClN4S/c1-7(2)11-10(14)12(17(3)16-11)15-6-8-4-5-9(13)18-8/h4-5,7,15H,6,14H2,1-3H3. The third-order valence-corrected chi connectivity index (χ3v) is 3.95. The number of nitrogens with one attached hydrogen (secondary N) is 1. The molecule has 0 atom stereocenters. The number of anilines is 2. The fraction of sp³-hybridized carbons (Fsp3) is 0.417. The Morgan fingerprint density at radius 3 is 2.72 bits per heavy atom. The van der Waals surface area contributed by atoms with Crippen LogP contribution in [0.3, 0.4) is 0 Å². The lowest BCUT2D eigenvalue weighted by Crippen LogP contribution is -2.05. The van der Waals surface area contributed by atoms with Gasteiger partial charge in [0.15, 0.2) is 0 Å². The highest BCUT2D eigenvalue weighted by Gasteiger charge is 2.15. The van der Waals surface area contributed by atoms with Crippen LogP contribution in [0.1, 0.15) is 30.3 Å². The molecule has 0 aromatic carbocycles. The zero-order valence-electron chi connectivity index (χ0n) is 10.7. The van der Waals surface area contributed by atoms with Gasteiger partial charge in [0.2, 0.25) is 0 Å². The fourth-order valence-electron chi connectivity index (χ4n) is 1.81. The molecule has 0 aliphatic rings. The van der Waals surface area contributed by atoms with Gasteiger partial charge in [-0.25, -0.2) is 0 Å². The second-order valence-corrected chi connectivity index (χ2v) is 6.28. The van der Waals surface area contributed by atoms with E-state index in [-0.39, 0.29) is 0 Å². The van der Waals surface area contributed by atoms with Gasteiger partial charge in [-0.3, -0.25) is 4.68 Å². The van der Waals surface area contributed by atoms with Crippen molar-refractivity contribution in [2.45, 2.75) is 26.3 Å². The molecule has 18 heavy (non-hydrogen) atoms. The molecule has 0 saturated heterocycles.